The third-order valence-electron chi connectivity index (χ3n) is 6.14. The first-order valence-corrected chi connectivity index (χ1v) is 11.4. The fourth-order valence-electron chi connectivity index (χ4n) is 4.52. The Kier molecular flexibility index (Phi) is 6.59. The van der Waals surface area contributed by atoms with E-state index in [1.807, 2.05) is 25.9 Å². The molecule has 0 saturated carbocycles. The fraction of sp³-hybridized carbons (Fsp3) is 0.400. The second-order valence-electron chi connectivity index (χ2n) is 9.20. The number of rotatable bonds is 6. The topological polar surface area (TPSA) is 63.4 Å². The maximum atomic E-state index is 13.5. The number of benzene rings is 1. The Morgan fingerprint density at radius 1 is 1.14 bits per heavy atom. The van der Waals surface area contributed by atoms with Gasteiger partial charge in [-0.25, -0.2) is 4.98 Å². The molecular formula is C25H28F3N5O2. The Morgan fingerprint density at radius 2 is 1.89 bits per heavy atom. The van der Waals surface area contributed by atoms with Crippen LogP contribution in [-0.4, -0.2) is 56.5 Å². The van der Waals surface area contributed by atoms with Crippen molar-refractivity contribution >= 4 is 5.91 Å². The molecular weight excluding hydrogens is 459 g/mol. The zero-order valence-corrected chi connectivity index (χ0v) is 20.1. The summed E-state index contributed by atoms with van der Waals surface area (Å²) in [7, 11) is 3.70. The average Bonchev–Trinajstić information content (AvgIpc) is 3.25. The number of hydrogen-bond donors (Lipinski definition) is 0. The maximum Gasteiger partial charge on any atom is 0.416 e. The van der Waals surface area contributed by atoms with Crippen LogP contribution in [0.3, 0.4) is 0 Å². The molecule has 35 heavy (non-hydrogen) atoms. The van der Waals surface area contributed by atoms with E-state index in [0.29, 0.717) is 23.4 Å². The molecule has 1 aromatic carbocycles. The van der Waals surface area contributed by atoms with E-state index >= 15 is 0 Å². The Morgan fingerprint density at radius 3 is 2.51 bits per heavy atom. The SMILES string of the molecule is CCc1cn(-c2ccc3n(c2=O)CC(CN(C)C)N(Cc2cc(C)cc(C(F)(F)F)c2)C3=O)cn1. The summed E-state index contributed by atoms with van der Waals surface area (Å²) in [4.78, 5) is 34.6. The zero-order chi connectivity index (χ0) is 25.5. The van der Waals surface area contributed by atoms with Gasteiger partial charge in [-0.15, -0.1) is 0 Å². The normalized spacial score (nSPS) is 16.2. The first kappa shape index (κ1) is 24.7. The van der Waals surface area contributed by atoms with Gasteiger partial charge < -0.3 is 18.9 Å². The van der Waals surface area contributed by atoms with Crippen LogP contribution in [0, 0.1) is 6.92 Å². The molecule has 0 fully saturated rings. The summed E-state index contributed by atoms with van der Waals surface area (Å²) >= 11 is 0. The van der Waals surface area contributed by atoms with E-state index in [9.17, 15) is 22.8 Å². The summed E-state index contributed by atoms with van der Waals surface area (Å²) in [6, 6.07) is 6.62. The second kappa shape index (κ2) is 9.33. The van der Waals surface area contributed by atoms with Crippen LogP contribution in [0.25, 0.3) is 5.69 Å². The van der Waals surface area contributed by atoms with Crippen molar-refractivity contribution in [1.29, 1.82) is 0 Å². The van der Waals surface area contributed by atoms with Crippen molar-refractivity contribution in [2.45, 2.75) is 45.6 Å². The molecule has 0 bridgehead atoms. The highest BCUT2D eigenvalue weighted by Crippen LogP contribution is 2.31. The number of halogens is 3. The van der Waals surface area contributed by atoms with Crippen LogP contribution < -0.4 is 5.56 Å². The molecule has 1 aliphatic heterocycles. The van der Waals surface area contributed by atoms with Crippen LogP contribution in [0.2, 0.25) is 0 Å². The van der Waals surface area contributed by atoms with E-state index in [4.69, 9.17) is 0 Å². The Bertz CT molecular complexity index is 1310. The second-order valence-corrected chi connectivity index (χ2v) is 9.20. The molecule has 10 heteroatoms. The summed E-state index contributed by atoms with van der Waals surface area (Å²) in [6.45, 7) is 4.27. The molecule has 3 aromatic rings. The lowest BCUT2D eigenvalue weighted by molar-refractivity contribution is -0.137. The number of aromatic nitrogens is 3. The third kappa shape index (κ3) is 5.02. The van der Waals surface area contributed by atoms with Gasteiger partial charge in [-0.2, -0.15) is 13.2 Å². The summed E-state index contributed by atoms with van der Waals surface area (Å²) in [5.41, 5.74) is 1.26. The molecule has 1 unspecified atom stereocenters. The molecule has 1 amide bonds. The average molecular weight is 488 g/mol. The lowest BCUT2D eigenvalue weighted by atomic mass is 10.0. The Hall–Kier alpha value is -3.40. The number of imidazole rings is 1. The number of nitrogens with zero attached hydrogens (tertiary/aromatic N) is 5. The molecule has 2 aromatic heterocycles. The molecule has 3 heterocycles. The van der Waals surface area contributed by atoms with Crippen molar-refractivity contribution in [3.8, 4) is 5.69 Å². The minimum Gasteiger partial charge on any atom is -0.327 e. The van der Waals surface area contributed by atoms with Gasteiger partial charge in [-0.1, -0.05) is 18.6 Å². The Balaban J connectivity index is 1.73. The number of hydrogen-bond acceptors (Lipinski definition) is 4. The highest BCUT2D eigenvalue weighted by Gasteiger charge is 2.35. The first-order chi connectivity index (χ1) is 16.5. The lowest BCUT2D eigenvalue weighted by Gasteiger charge is -2.39. The van der Waals surface area contributed by atoms with E-state index in [2.05, 4.69) is 4.98 Å². The van der Waals surface area contributed by atoms with Crippen molar-refractivity contribution < 1.29 is 18.0 Å². The minimum atomic E-state index is -4.48. The van der Waals surface area contributed by atoms with Crippen LogP contribution in [0.15, 0.2) is 47.7 Å². The Labute approximate surface area is 201 Å². The van der Waals surface area contributed by atoms with Gasteiger partial charge in [0.1, 0.15) is 11.4 Å². The number of carbonyl (C=O) groups is 1. The van der Waals surface area contributed by atoms with Crippen molar-refractivity contribution in [2.24, 2.45) is 0 Å². The quantitative estimate of drug-likeness (QED) is 0.534. The molecule has 0 spiro atoms. The van der Waals surface area contributed by atoms with Gasteiger partial charge in [0, 0.05) is 25.8 Å². The van der Waals surface area contributed by atoms with Crippen LogP contribution in [0.5, 0.6) is 0 Å². The van der Waals surface area contributed by atoms with Crippen molar-refractivity contribution in [2.75, 3.05) is 20.6 Å². The number of pyridine rings is 1. The molecule has 0 N–H and O–H groups in total. The molecule has 0 radical (unpaired) electrons. The molecule has 0 saturated heterocycles. The molecule has 186 valence electrons. The summed E-state index contributed by atoms with van der Waals surface area (Å²) < 4.78 is 43.2. The molecule has 4 rings (SSSR count). The van der Waals surface area contributed by atoms with E-state index in [1.165, 1.54) is 4.57 Å². The highest BCUT2D eigenvalue weighted by atomic mass is 19.4. The van der Waals surface area contributed by atoms with E-state index in [1.54, 1.807) is 47.1 Å². The smallest absolute Gasteiger partial charge is 0.327 e. The lowest BCUT2D eigenvalue weighted by Crippen LogP contribution is -2.54. The predicted octanol–water partition coefficient (Wildman–Crippen LogP) is 3.51. The zero-order valence-electron chi connectivity index (χ0n) is 20.1. The van der Waals surface area contributed by atoms with Gasteiger partial charge in [0.2, 0.25) is 0 Å². The summed E-state index contributed by atoms with van der Waals surface area (Å²) in [5.74, 6) is -0.387. The maximum absolute atomic E-state index is 13.5. The number of likely N-dealkylation sites (N-methyl/N-ethyl adjacent to an activating group) is 1. The third-order valence-corrected chi connectivity index (χ3v) is 6.14. The number of carbonyl (C=O) groups excluding carboxylic acids is 1. The van der Waals surface area contributed by atoms with Crippen molar-refractivity contribution in [3.05, 3.63) is 81.3 Å². The highest BCUT2D eigenvalue weighted by molar-refractivity contribution is 5.93. The van der Waals surface area contributed by atoms with E-state index in [-0.39, 0.29) is 30.2 Å². The van der Waals surface area contributed by atoms with Crippen LogP contribution in [-0.2, 0) is 25.7 Å². The van der Waals surface area contributed by atoms with Crippen LogP contribution >= 0.6 is 0 Å². The summed E-state index contributed by atoms with van der Waals surface area (Å²) in [6.07, 6.45) is -0.385. The van der Waals surface area contributed by atoms with E-state index < -0.39 is 17.8 Å². The van der Waals surface area contributed by atoms with Gasteiger partial charge in [-0.3, -0.25) is 9.59 Å². The van der Waals surface area contributed by atoms with Crippen LogP contribution in [0.4, 0.5) is 13.2 Å². The van der Waals surface area contributed by atoms with E-state index in [0.717, 1.165) is 24.2 Å². The van der Waals surface area contributed by atoms with Crippen molar-refractivity contribution in [3.63, 3.8) is 0 Å². The largest absolute Gasteiger partial charge is 0.416 e. The van der Waals surface area contributed by atoms with Gasteiger partial charge >= 0.3 is 6.18 Å². The number of alkyl halides is 3. The molecule has 1 aliphatic rings. The first-order valence-electron chi connectivity index (χ1n) is 11.4. The van der Waals surface area contributed by atoms with Gasteiger partial charge in [0.15, 0.2) is 0 Å². The molecule has 1 atom stereocenters. The fourth-order valence-corrected chi connectivity index (χ4v) is 4.52. The van der Waals surface area contributed by atoms with Crippen LogP contribution in [0.1, 0.15) is 39.8 Å². The monoisotopic (exact) mass is 487 g/mol. The van der Waals surface area contributed by atoms with Crippen molar-refractivity contribution in [1.82, 2.24) is 23.9 Å². The molecule has 7 nitrogen and oxygen atoms in total. The summed E-state index contributed by atoms with van der Waals surface area (Å²) in [5, 5.41) is 0. The number of fused-ring (bicyclic) bond motifs is 1. The van der Waals surface area contributed by atoms with Gasteiger partial charge in [-0.05, 0) is 57.3 Å². The molecule has 0 aliphatic carbocycles. The minimum absolute atomic E-state index is 0.0133. The number of aryl methyl sites for hydroxylation is 2. The number of amides is 1. The van der Waals surface area contributed by atoms with Gasteiger partial charge in [0.25, 0.3) is 11.5 Å². The van der Waals surface area contributed by atoms with Gasteiger partial charge in [0.05, 0.1) is 23.6 Å². The predicted molar refractivity (Wildman–Crippen MR) is 126 cm³/mol. The standard InChI is InChI=1S/C25H28F3N5O2/c1-5-19-12-31(15-29-19)21-6-7-22-24(35)32(20(13-30(3)4)14-33(22)23(21)34)11-17-8-16(2)9-18(10-17)25(26,27)28/h6-10,12,15,20H,5,11,13-14H2,1-4H3.